The molecule has 10 nitrogen and oxygen atoms in total. The van der Waals surface area contributed by atoms with Gasteiger partial charge in [-0.15, -0.1) is 0 Å². The lowest BCUT2D eigenvalue weighted by molar-refractivity contribution is -0.0418. The zero-order valence-electron chi connectivity index (χ0n) is 24.0. The molecule has 0 spiro atoms. The van der Waals surface area contributed by atoms with Crippen LogP contribution in [0, 0.1) is 0 Å². The van der Waals surface area contributed by atoms with Gasteiger partial charge in [0.15, 0.2) is 25.0 Å². The molecule has 0 aromatic carbocycles. The smallest absolute Gasteiger partial charge is 0.412 e. The van der Waals surface area contributed by atoms with Gasteiger partial charge >= 0.3 is 13.5 Å². The van der Waals surface area contributed by atoms with Crippen LogP contribution in [0.5, 0.6) is 0 Å². The summed E-state index contributed by atoms with van der Waals surface area (Å²) in [7, 11) is -11.9. The van der Waals surface area contributed by atoms with Gasteiger partial charge in [-0.25, -0.2) is 9.36 Å². The van der Waals surface area contributed by atoms with Gasteiger partial charge in [-0.2, -0.15) is 4.98 Å². The van der Waals surface area contributed by atoms with Crippen molar-refractivity contribution in [3.8, 4) is 0 Å². The minimum atomic E-state index is -3.81. The van der Waals surface area contributed by atoms with Crippen LogP contribution in [0.25, 0.3) is 0 Å². The molecule has 1 aliphatic heterocycles. The van der Waals surface area contributed by atoms with Gasteiger partial charge in [0.05, 0.1) is 12.7 Å². The van der Waals surface area contributed by atoms with E-state index in [0.717, 1.165) is 0 Å². The van der Waals surface area contributed by atoms with Crippen molar-refractivity contribution in [2.75, 3.05) is 11.6 Å². The van der Waals surface area contributed by atoms with Crippen LogP contribution in [-0.4, -0.2) is 61.6 Å². The first-order valence-electron chi connectivity index (χ1n) is 12.4. The number of rotatable bonds is 12. The van der Waals surface area contributed by atoms with Crippen LogP contribution in [-0.2, 0) is 26.7 Å². The minimum Gasteiger partial charge on any atom is -0.412 e. The lowest BCUT2D eigenvalue weighted by atomic mass is 10.2. The Balaban J connectivity index is 2.26. The second-order valence-corrected chi connectivity index (χ2v) is 33.4. The van der Waals surface area contributed by atoms with E-state index in [4.69, 9.17) is 22.1 Å². The summed E-state index contributed by atoms with van der Waals surface area (Å²) >= 11 is 0. The Labute approximate surface area is 220 Å². The summed E-state index contributed by atoms with van der Waals surface area (Å²) in [6.07, 6.45) is 0.702. The zero-order valence-corrected chi connectivity index (χ0v) is 28.9. The molecule has 0 saturated carbocycles. The number of hydrogen-bond donors (Lipinski definition) is 1. The van der Waals surface area contributed by atoms with Crippen molar-refractivity contribution in [3.05, 3.63) is 22.7 Å². The van der Waals surface area contributed by atoms with Crippen molar-refractivity contribution in [3.63, 3.8) is 0 Å². The largest absolute Gasteiger partial charge is 0.455 e. The lowest BCUT2D eigenvalue weighted by Crippen LogP contribution is -2.38. The molecule has 0 aliphatic carbocycles. The second kappa shape index (κ2) is 11.4. The van der Waals surface area contributed by atoms with Gasteiger partial charge in [0, 0.05) is 12.6 Å². The first-order valence-corrected chi connectivity index (χ1v) is 27.6. The number of anilines is 1. The zero-order chi connectivity index (χ0) is 27.7. The molecule has 15 heteroatoms. The normalized spacial score (nSPS) is 22.2. The summed E-state index contributed by atoms with van der Waals surface area (Å²) in [5.41, 5.74) is -0.397. The highest BCUT2D eigenvalue weighted by molar-refractivity contribution is 7.52. The average Bonchev–Trinajstić information content (AvgIpc) is 2.96. The molecule has 1 saturated heterocycles. The fraction of sp³-hybridized carbons (Fsp3) is 0.810. The molecular formula is C21H46N3O7PSi4. The highest BCUT2D eigenvalue weighted by Crippen LogP contribution is 2.54. The van der Waals surface area contributed by atoms with E-state index in [1.54, 1.807) is 12.3 Å². The number of ether oxygens (including phenoxy) is 1. The van der Waals surface area contributed by atoms with Gasteiger partial charge in [-0.3, -0.25) is 9.09 Å². The fourth-order valence-corrected chi connectivity index (χ4v) is 12.3. The van der Waals surface area contributed by atoms with E-state index >= 15 is 0 Å². The van der Waals surface area contributed by atoms with Crippen molar-refractivity contribution in [1.82, 2.24) is 9.55 Å². The van der Waals surface area contributed by atoms with Crippen molar-refractivity contribution < 1.29 is 26.7 Å². The van der Waals surface area contributed by atoms with Crippen LogP contribution in [0.3, 0.4) is 0 Å². The number of phosphoric acid groups is 1. The Bertz CT molecular complexity index is 979. The summed E-state index contributed by atoms with van der Waals surface area (Å²) in [6, 6.07) is 1.79. The molecule has 2 rings (SSSR count). The molecule has 0 bridgehead atoms. The molecule has 1 aromatic rings. The Morgan fingerprint density at radius 3 is 2.00 bits per heavy atom. The van der Waals surface area contributed by atoms with E-state index in [-0.39, 0.29) is 12.7 Å². The van der Waals surface area contributed by atoms with E-state index in [2.05, 4.69) is 49.2 Å². The third-order valence-corrected chi connectivity index (χ3v) is 13.1. The van der Waals surface area contributed by atoms with Gasteiger partial charge in [0.1, 0.15) is 26.4 Å². The molecule has 1 N–H and O–H groups in total. The number of hydrogen-bond acceptors (Lipinski definition) is 9. The summed E-state index contributed by atoms with van der Waals surface area (Å²) in [5, 5.41) is 0. The molecule has 2 heterocycles. The molecule has 36 heavy (non-hydrogen) atoms. The molecular weight excluding hydrogens is 550 g/mol. The number of nitrogens with one attached hydrogen (secondary N) is 1. The molecule has 0 radical (unpaired) electrons. The van der Waals surface area contributed by atoms with E-state index in [9.17, 15) is 9.36 Å². The maximum Gasteiger partial charge on any atom is 0.455 e. The van der Waals surface area contributed by atoms with Gasteiger partial charge in [0.25, 0.3) is 0 Å². The summed E-state index contributed by atoms with van der Waals surface area (Å²) in [4.78, 5) is 20.4. The molecule has 1 fully saturated rings. The molecule has 0 amide bonds. The van der Waals surface area contributed by atoms with Crippen molar-refractivity contribution in [2.24, 2.45) is 0 Å². The maximum absolute atomic E-state index is 13.6. The SMILES string of the molecule is C[Si](C)(C)Nc1ccn(C2CC(O[Si](C)(C)C)C(COP(=O)(O[Si](C)(C)C)O[Si](C)(C)C)O2)c(=O)n1. The maximum atomic E-state index is 13.6. The lowest BCUT2D eigenvalue weighted by Gasteiger charge is -2.31. The highest BCUT2D eigenvalue weighted by atomic mass is 31.2. The quantitative estimate of drug-likeness (QED) is 0.236. The molecule has 3 atom stereocenters. The van der Waals surface area contributed by atoms with E-state index in [1.165, 1.54) is 4.57 Å². The van der Waals surface area contributed by atoms with Gasteiger partial charge < -0.3 is 22.6 Å². The van der Waals surface area contributed by atoms with Crippen molar-refractivity contribution in [2.45, 2.75) is 103 Å². The molecule has 1 aromatic heterocycles. The monoisotopic (exact) mass is 595 g/mol. The van der Waals surface area contributed by atoms with Crippen molar-refractivity contribution >= 4 is 46.8 Å². The minimum absolute atomic E-state index is 0.0324. The van der Waals surface area contributed by atoms with Crippen LogP contribution in [0.15, 0.2) is 17.1 Å². The van der Waals surface area contributed by atoms with Crippen LogP contribution < -0.4 is 10.7 Å². The Hall–Kier alpha value is -0.422. The van der Waals surface area contributed by atoms with Crippen LogP contribution in [0.2, 0.25) is 78.6 Å². The Kier molecular flexibility index (Phi) is 10.0. The molecule has 3 unspecified atom stereocenters. The Morgan fingerprint density at radius 1 is 1.00 bits per heavy atom. The van der Waals surface area contributed by atoms with Gasteiger partial charge in [0.2, 0.25) is 0 Å². The summed E-state index contributed by atoms with van der Waals surface area (Å²) < 4.78 is 45.4. The second-order valence-electron chi connectivity index (χ2n) is 13.2. The number of nitrogens with zero attached hydrogens (tertiary/aromatic N) is 2. The predicted octanol–water partition coefficient (Wildman–Crippen LogP) is 5.83. The van der Waals surface area contributed by atoms with Crippen LogP contribution in [0.4, 0.5) is 5.82 Å². The molecule has 208 valence electrons. The van der Waals surface area contributed by atoms with Gasteiger partial charge in [-0.05, 0) is 65.0 Å². The average molecular weight is 596 g/mol. The predicted molar refractivity (Wildman–Crippen MR) is 155 cm³/mol. The van der Waals surface area contributed by atoms with E-state index < -0.39 is 59.0 Å². The first-order chi connectivity index (χ1) is 16.0. The molecule has 1 aliphatic rings. The van der Waals surface area contributed by atoms with E-state index in [0.29, 0.717) is 12.2 Å². The fourth-order valence-electron chi connectivity index (χ4n) is 3.59. The third-order valence-electron chi connectivity index (χ3n) is 4.50. The van der Waals surface area contributed by atoms with Crippen LogP contribution >= 0.6 is 7.82 Å². The topological polar surface area (TPSA) is 110 Å². The van der Waals surface area contributed by atoms with Crippen LogP contribution in [0.1, 0.15) is 12.6 Å². The standard InChI is InChI=1S/C21H46N3O7PSi4/c1-33(2,3)23-19-13-14-24(21(25)22-19)20-15-17(29-34(4,5)6)18(28-20)16-27-32(26,30-35(7,8)9)31-36(10,11)12/h13-14,17-18,20H,15-16H2,1-12H3,(H,22,23,25). The number of aromatic nitrogens is 2. The first kappa shape index (κ1) is 31.8. The van der Waals surface area contributed by atoms with Crippen molar-refractivity contribution in [1.29, 1.82) is 0 Å². The van der Waals surface area contributed by atoms with E-state index in [1.807, 2.05) is 39.3 Å². The highest BCUT2D eigenvalue weighted by Gasteiger charge is 2.44. The summed E-state index contributed by atoms with van der Waals surface area (Å²) in [5.74, 6) is 0.566. The third kappa shape index (κ3) is 11.1. The summed E-state index contributed by atoms with van der Waals surface area (Å²) in [6.45, 7) is 24.3. The Morgan fingerprint density at radius 2 is 1.56 bits per heavy atom. The van der Waals surface area contributed by atoms with Gasteiger partial charge in [-0.1, -0.05) is 19.6 Å².